The fourth-order valence-corrected chi connectivity index (χ4v) is 3.85. The molecule has 0 unspecified atom stereocenters. The molecule has 0 bridgehead atoms. The van der Waals surface area contributed by atoms with E-state index in [1.807, 2.05) is 97.1 Å². The van der Waals surface area contributed by atoms with Crippen LogP contribution in [0, 0.1) is 0 Å². The van der Waals surface area contributed by atoms with Gasteiger partial charge in [-0.3, -0.25) is 0 Å². The average molecular weight is 402 g/mol. The smallest absolute Gasteiger partial charge is 0.211 e. The van der Waals surface area contributed by atoms with E-state index in [1.54, 1.807) is 24.3 Å². The maximum Gasteiger partial charge on any atom is 0.238 e. The van der Waals surface area contributed by atoms with Crippen molar-refractivity contribution in [1.82, 2.24) is 0 Å². The van der Waals surface area contributed by atoms with Crippen LogP contribution in [0.2, 0.25) is 0 Å². The van der Waals surface area contributed by atoms with Gasteiger partial charge in [-0.05, 0) is 22.3 Å². The normalized spacial score (nSPS) is 12.1. The Bertz CT molecular complexity index is 1250. The van der Waals surface area contributed by atoms with Crippen LogP contribution in [-0.2, 0) is 15.3 Å². The molecule has 0 spiro atoms. The Morgan fingerprint density at radius 2 is 1.06 bits per heavy atom. The molecule has 0 aliphatic heterocycles. The summed E-state index contributed by atoms with van der Waals surface area (Å²) in [6.07, 6.45) is 3.26. The summed E-state index contributed by atoms with van der Waals surface area (Å²) < 4.78 is 0. The van der Waals surface area contributed by atoms with E-state index >= 15 is 0 Å². The number of nitrogens with zero attached hydrogens (tertiary/aromatic N) is 2. The molecule has 0 aliphatic carbocycles. The third-order valence-corrected chi connectivity index (χ3v) is 5.18. The summed E-state index contributed by atoms with van der Waals surface area (Å²) in [7, 11) is 0. The van der Waals surface area contributed by atoms with Gasteiger partial charge in [0, 0.05) is 11.1 Å². The van der Waals surface area contributed by atoms with Crippen LogP contribution in [-0.4, -0.2) is 12.2 Å². The lowest BCUT2D eigenvalue weighted by Gasteiger charge is -2.27. The molecule has 4 nitrogen and oxygen atoms in total. The molecule has 4 aromatic carbocycles. The van der Waals surface area contributed by atoms with E-state index in [0.29, 0.717) is 11.1 Å². The number of hydrogen-bond donors (Lipinski definition) is 0. The second-order valence-corrected chi connectivity index (χ2v) is 6.90. The number of isocyanates is 2. The highest BCUT2D eigenvalue weighted by molar-refractivity contribution is 5.87. The number of rotatable bonds is 6. The first kappa shape index (κ1) is 19.9. The van der Waals surface area contributed by atoms with Gasteiger partial charge in [0.2, 0.25) is 17.8 Å². The SMILES string of the molecule is O=C=NC(N=C=O)(c1ccccc1)c1cccc(-c2ccccc2)c1-c1ccccc1. The van der Waals surface area contributed by atoms with Crippen LogP contribution in [0.5, 0.6) is 0 Å². The van der Waals surface area contributed by atoms with Gasteiger partial charge in [-0.2, -0.15) is 9.98 Å². The van der Waals surface area contributed by atoms with Gasteiger partial charge in [0.05, 0.1) is 0 Å². The van der Waals surface area contributed by atoms with E-state index in [4.69, 9.17) is 0 Å². The van der Waals surface area contributed by atoms with E-state index in [1.165, 1.54) is 0 Å². The molecule has 0 aromatic heterocycles. The van der Waals surface area contributed by atoms with Crippen molar-refractivity contribution in [2.75, 3.05) is 0 Å². The van der Waals surface area contributed by atoms with Crippen molar-refractivity contribution in [2.24, 2.45) is 9.98 Å². The highest BCUT2D eigenvalue weighted by atomic mass is 16.1. The number of hydrogen-bond acceptors (Lipinski definition) is 4. The van der Waals surface area contributed by atoms with Gasteiger partial charge in [-0.15, -0.1) is 0 Å². The zero-order chi connectivity index (χ0) is 21.5. The fourth-order valence-electron chi connectivity index (χ4n) is 3.85. The van der Waals surface area contributed by atoms with Gasteiger partial charge in [0.1, 0.15) is 0 Å². The second kappa shape index (κ2) is 8.98. The summed E-state index contributed by atoms with van der Waals surface area (Å²) >= 11 is 0. The minimum Gasteiger partial charge on any atom is -0.211 e. The molecule has 0 radical (unpaired) electrons. The highest BCUT2D eigenvalue weighted by Crippen LogP contribution is 2.44. The highest BCUT2D eigenvalue weighted by Gasteiger charge is 2.37. The zero-order valence-electron chi connectivity index (χ0n) is 16.6. The van der Waals surface area contributed by atoms with Gasteiger partial charge >= 0.3 is 0 Å². The van der Waals surface area contributed by atoms with Gasteiger partial charge in [0.15, 0.2) is 0 Å². The molecule has 0 heterocycles. The Morgan fingerprint density at radius 1 is 0.548 bits per heavy atom. The molecule has 4 aromatic rings. The van der Waals surface area contributed by atoms with Gasteiger partial charge in [-0.1, -0.05) is 109 Å². The Morgan fingerprint density at radius 3 is 1.61 bits per heavy atom. The van der Waals surface area contributed by atoms with E-state index in [0.717, 1.165) is 22.3 Å². The molecule has 0 N–H and O–H groups in total. The molecule has 0 aliphatic rings. The molecular weight excluding hydrogens is 384 g/mol. The first-order valence-corrected chi connectivity index (χ1v) is 9.78. The summed E-state index contributed by atoms with van der Waals surface area (Å²) in [5.74, 6) is 0. The monoisotopic (exact) mass is 402 g/mol. The lowest BCUT2D eigenvalue weighted by molar-refractivity contribution is 0.517. The van der Waals surface area contributed by atoms with Crippen LogP contribution in [0.15, 0.2) is 119 Å². The summed E-state index contributed by atoms with van der Waals surface area (Å²) in [6.45, 7) is 0. The predicted octanol–water partition coefficient (Wildman–Crippen LogP) is 5.89. The lowest BCUT2D eigenvalue weighted by atomic mass is 9.82. The first-order chi connectivity index (χ1) is 15.3. The Labute approximate surface area is 180 Å². The van der Waals surface area contributed by atoms with Crippen molar-refractivity contribution in [1.29, 1.82) is 0 Å². The quantitative estimate of drug-likeness (QED) is 0.298. The molecule has 0 atom stereocenters. The lowest BCUT2D eigenvalue weighted by Crippen LogP contribution is -2.24. The Kier molecular flexibility index (Phi) is 5.77. The molecule has 0 saturated carbocycles. The Balaban J connectivity index is 2.15. The number of benzene rings is 4. The summed E-state index contributed by atoms with van der Waals surface area (Å²) in [4.78, 5) is 31.3. The van der Waals surface area contributed by atoms with E-state index < -0.39 is 5.66 Å². The minimum atomic E-state index is -1.60. The van der Waals surface area contributed by atoms with Crippen molar-refractivity contribution >= 4 is 12.2 Å². The summed E-state index contributed by atoms with van der Waals surface area (Å²) in [5, 5.41) is 0. The van der Waals surface area contributed by atoms with Crippen LogP contribution < -0.4 is 0 Å². The molecule has 31 heavy (non-hydrogen) atoms. The molecule has 0 saturated heterocycles. The van der Waals surface area contributed by atoms with Crippen LogP contribution in [0.3, 0.4) is 0 Å². The first-order valence-electron chi connectivity index (χ1n) is 9.78. The zero-order valence-corrected chi connectivity index (χ0v) is 16.6. The predicted molar refractivity (Wildman–Crippen MR) is 121 cm³/mol. The van der Waals surface area contributed by atoms with Gasteiger partial charge in [0.25, 0.3) is 0 Å². The molecule has 0 amide bonds. The van der Waals surface area contributed by atoms with Crippen molar-refractivity contribution in [2.45, 2.75) is 5.66 Å². The van der Waals surface area contributed by atoms with Gasteiger partial charge < -0.3 is 0 Å². The number of carbonyl (C=O) groups excluding carboxylic acids is 2. The summed E-state index contributed by atoms with van der Waals surface area (Å²) in [6, 6.07) is 34.5. The topological polar surface area (TPSA) is 58.9 Å². The largest absolute Gasteiger partial charge is 0.238 e. The van der Waals surface area contributed by atoms with Crippen molar-refractivity contribution in [3.8, 4) is 22.3 Å². The Hall–Kier alpha value is -4.36. The maximum atomic E-state index is 11.6. The second-order valence-electron chi connectivity index (χ2n) is 6.90. The molecule has 0 fully saturated rings. The van der Waals surface area contributed by atoms with E-state index in [9.17, 15) is 9.59 Å². The standard InChI is InChI=1S/C27H18N2O2/c30-19-28-27(29-20-31,23-15-8-3-9-16-23)25-18-10-17-24(21-11-4-1-5-12-21)26(25)22-13-6-2-7-14-22/h1-18H. The minimum absolute atomic E-state index is 0.573. The molecule has 148 valence electrons. The molecule has 4 heteroatoms. The maximum absolute atomic E-state index is 11.6. The van der Waals surface area contributed by atoms with Crippen LogP contribution >= 0.6 is 0 Å². The molecule has 4 rings (SSSR count). The van der Waals surface area contributed by atoms with E-state index in [2.05, 4.69) is 9.98 Å². The third kappa shape index (κ3) is 3.77. The van der Waals surface area contributed by atoms with Crippen LogP contribution in [0.1, 0.15) is 11.1 Å². The van der Waals surface area contributed by atoms with Crippen LogP contribution in [0.25, 0.3) is 22.3 Å². The molecular formula is C27H18N2O2. The summed E-state index contributed by atoms with van der Waals surface area (Å²) in [5.41, 5.74) is 3.25. The third-order valence-electron chi connectivity index (χ3n) is 5.18. The van der Waals surface area contributed by atoms with E-state index in [-0.39, 0.29) is 0 Å². The van der Waals surface area contributed by atoms with Gasteiger partial charge in [-0.25, -0.2) is 9.59 Å². The van der Waals surface area contributed by atoms with Crippen molar-refractivity contribution < 1.29 is 9.59 Å². The average Bonchev–Trinajstić information content (AvgIpc) is 2.85. The number of aliphatic imine (C=N–C) groups is 2. The van der Waals surface area contributed by atoms with Crippen molar-refractivity contribution in [3.05, 3.63) is 120 Å². The fraction of sp³-hybridized carbons (Fsp3) is 0.0370. The van der Waals surface area contributed by atoms with Crippen LogP contribution in [0.4, 0.5) is 0 Å². The van der Waals surface area contributed by atoms with Crippen molar-refractivity contribution in [3.63, 3.8) is 0 Å².